The number of nitrogens with one attached hydrogen (secondary N) is 1. The normalized spacial score (nSPS) is 21.0. The third-order valence-electron chi connectivity index (χ3n) is 4.75. The minimum Gasteiger partial charge on any atom is -0.373 e. The van der Waals surface area contributed by atoms with Crippen LogP contribution in [0.5, 0.6) is 0 Å². The van der Waals surface area contributed by atoms with Crippen LogP contribution in [0.3, 0.4) is 0 Å². The SMILES string of the molecule is CN(C)C(=O)C(NC[C@H]1CCO[C@@H]1c1ccccc1)c1ccccc1. The molecule has 1 aliphatic heterocycles. The Morgan fingerprint density at radius 2 is 1.76 bits per heavy atom. The second-order valence-electron chi connectivity index (χ2n) is 6.74. The monoisotopic (exact) mass is 338 g/mol. The summed E-state index contributed by atoms with van der Waals surface area (Å²) in [4.78, 5) is 14.3. The van der Waals surface area contributed by atoms with Gasteiger partial charge >= 0.3 is 0 Å². The molecule has 3 rings (SSSR count). The predicted molar refractivity (Wildman–Crippen MR) is 99.1 cm³/mol. The number of carbonyl (C=O) groups excluding carboxylic acids is 1. The van der Waals surface area contributed by atoms with Gasteiger partial charge in [0.2, 0.25) is 5.91 Å². The largest absolute Gasteiger partial charge is 0.373 e. The Morgan fingerprint density at radius 1 is 1.12 bits per heavy atom. The summed E-state index contributed by atoms with van der Waals surface area (Å²) >= 11 is 0. The van der Waals surface area contributed by atoms with Crippen LogP contribution in [0.2, 0.25) is 0 Å². The summed E-state index contributed by atoms with van der Waals surface area (Å²) in [6.45, 7) is 1.52. The Kier molecular flexibility index (Phi) is 5.84. The second kappa shape index (κ2) is 8.28. The van der Waals surface area contributed by atoms with Gasteiger partial charge < -0.3 is 15.0 Å². The molecule has 0 saturated carbocycles. The molecule has 1 amide bonds. The van der Waals surface area contributed by atoms with Crippen LogP contribution in [-0.2, 0) is 9.53 Å². The lowest BCUT2D eigenvalue weighted by Crippen LogP contribution is -2.39. The Labute approximate surface area is 149 Å². The molecule has 1 fully saturated rings. The van der Waals surface area contributed by atoms with Crippen molar-refractivity contribution in [3.63, 3.8) is 0 Å². The number of hydrogen-bond donors (Lipinski definition) is 1. The Balaban J connectivity index is 1.71. The fourth-order valence-corrected chi connectivity index (χ4v) is 3.37. The van der Waals surface area contributed by atoms with Gasteiger partial charge in [-0.3, -0.25) is 4.79 Å². The maximum atomic E-state index is 12.6. The fraction of sp³-hybridized carbons (Fsp3) is 0.381. The number of carbonyl (C=O) groups is 1. The molecule has 4 nitrogen and oxygen atoms in total. The van der Waals surface area contributed by atoms with Gasteiger partial charge in [-0.15, -0.1) is 0 Å². The predicted octanol–water partition coefficient (Wildman–Crippen LogP) is 3.18. The first-order chi connectivity index (χ1) is 12.2. The Bertz CT molecular complexity index is 673. The van der Waals surface area contributed by atoms with Gasteiger partial charge in [-0.05, 0) is 17.5 Å². The first-order valence-corrected chi connectivity index (χ1v) is 8.83. The van der Waals surface area contributed by atoms with Crippen molar-refractivity contribution in [3.8, 4) is 0 Å². The van der Waals surface area contributed by atoms with E-state index in [-0.39, 0.29) is 18.1 Å². The first kappa shape index (κ1) is 17.6. The summed E-state index contributed by atoms with van der Waals surface area (Å²) in [5, 5.41) is 3.49. The number of rotatable bonds is 6. The number of likely N-dealkylation sites (N-methyl/N-ethyl adjacent to an activating group) is 1. The van der Waals surface area contributed by atoms with E-state index >= 15 is 0 Å². The molecule has 0 aromatic heterocycles. The van der Waals surface area contributed by atoms with Crippen molar-refractivity contribution in [2.24, 2.45) is 5.92 Å². The Morgan fingerprint density at radius 3 is 2.40 bits per heavy atom. The second-order valence-corrected chi connectivity index (χ2v) is 6.74. The minimum absolute atomic E-state index is 0.0707. The van der Waals surface area contributed by atoms with Crippen molar-refractivity contribution in [3.05, 3.63) is 71.8 Å². The standard InChI is InChI=1S/C21H26N2O2/c1-23(2)21(24)19(16-9-5-3-6-10-16)22-15-18-13-14-25-20(18)17-11-7-4-8-12-17/h3-12,18-20,22H,13-15H2,1-2H3/t18-,19?,20-/m1/s1. The van der Waals surface area contributed by atoms with E-state index in [4.69, 9.17) is 4.74 Å². The average Bonchev–Trinajstić information content (AvgIpc) is 3.12. The van der Waals surface area contributed by atoms with Gasteiger partial charge in [-0.25, -0.2) is 0 Å². The molecule has 0 radical (unpaired) electrons. The quantitative estimate of drug-likeness (QED) is 0.879. The molecule has 1 unspecified atom stereocenters. The van der Waals surface area contributed by atoms with Gasteiger partial charge in [0, 0.05) is 33.2 Å². The van der Waals surface area contributed by atoms with Crippen LogP contribution in [0.4, 0.5) is 0 Å². The van der Waals surface area contributed by atoms with E-state index in [2.05, 4.69) is 17.4 Å². The Hall–Kier alpha value is -2.17. The average molecular weight is 338 g/mol. The molecule has 132 valence electrons. The number of nitrogens with zero attached hydrogens (tertiary/aromatic N) is 1. The van der Waals surface area contributed by atoms with E-state index in [1.54, 1.807) is 19.0 Å². The van der Waals surface area contributed by atoms with Gasteiger partial charge in [0.05, 0.1) is 6.10 Å². The summed E-state index contributed by atoms with van der Waals surface area (Å²) in [6.07, 6.45) is 1.10. The van der Waals surface area contributed by atoms with Crippen molar-refractivity contribution in [1.29, 1.82) is 0 Å². The van der Waals surface area contributed by atoms with Crippen LogP contribution < -0.4 is 5.32 Å². The zero-order valence-corrected chi connectivity index (χ0v) is 14.9. The van der Waals surface area contributed by atoms with Crippen LogP contribution in [-0.4, -0.2) is 38.1 Å². The summed E-state index contributed by atoms with van der Waals surface area (Å²) in [5.41, 5.74) is 2.21. The molecule has 1 heterocycles. The highest BCUT2D eigenvalue weighted by molar-refractivity contribution is 5.82. The zero-order valence-electron chi connectivity index (χ0n) is 14.9. The van der Waals surface area contributed by atoms with E-state index in [0.717, 1.165) is 25.1 Å². The van der Waals surface area contributed by atoms with Crippen molar-refractivity contribution in [2.75, 3.05) is 27.2 Å². The van der Waals surface area contributed by atoms with E-state index in [9.17, 15) is 4.79 Å². The molecule has 3 atom stereocenters. The van der Waals surface area contributed by atoms with Crippen LogP contribution >= 0.6 is 0 Å². The summed E-state index contributed by atoms with van der Waals surface area (Å²) in [6, 6.07) is 19.9. The molecular weight excluding hydrogens is 312 g/mol. The molecule has 2 aromatic rings. The number of hydrogen-bond acceptors (Lipinski definition) is 3. The van der Waals surface area contributed by atoms with Crippen LogP contribution in [0, 0.1) is 5.92 Å². The van der Waals surface area contributed by atoms with Crippen LogP contribution in [0.15, 0.2) is 60.7 Å². The van der Waals surface area contributed by atoms with Crippen molar-refractivity contribution in [2.45, 2.75) is 18.6 Å². The van der Waals surface area contributed by atoms with Gasteiger partial charge in [0.25, 0.3) is 0 Å². The lowest BCUT2D eigenvalue weighted by molar-refractivity contribution is -0.131. The number of benzene rings is 2. The van der Waals surface area contributed by atoms with Gasteiger partial charge in [0.15, 0.2) is 0 Å². The smallest absolute Gasteiger partial charge is 0.243 e. The summed E-state index contributed by atoms with van der Waals surface area (Å²) < 4.78 is 5.96. The molecule has 0 bridgehead atoms. The lowest BCUT2D eigenvalue weighted by Gasteiger charge is -2.25. The molecule has 1 N–H and O–H groups in total. The van der Waals surface area contributed by atoms with Gasteiger partial charge in [0.1, 0.15) is 6.04 Å². The van der Waals surface area contributed by atoms with Gasteiger partial charge in [-0.2, -0.15) is 0 Å². The number of amides is 1. The molecule has 1 aliphatic rings. The van der Waals surface area contributed by atoms with Crippen molar-refractivity contribution in [1.82, 2.24) is 10.2 Å². The molecule has 0 aliphatic carbocycles. The van der Waals surface area contributed by atoms with Gasteiger partial charge in [-0.1, -0.05) is 60.7 Å². The van der Waals surface area contributed by atoms with Crippen molar-refractivity contribution >= 4 is 5.91 Å². The topological polar surface area (TPSA) is 41.6 Å². The summed E-state index contributed by atoms with van der Waals surface area (Å²) in [5.74, 6) is 0.435. The first-order valence-electron chi connectivity index (χ1n) is 8.83. The highest BCUT2D eigenvalue weighted by Gasteiger charge is 2.31. The molecule has 2 aromatic carbocycles. The minimum atomic E-state index is -0.326. The maximum absolute atomic E-state index is 12.6. The van der Waals surface area contributed by atoms with Crippen LogP contribution in [0.1, 0.15) is 29.7 Å². The van der Waals surface area contributed by atoms with E-state index in [1.807, 2.05) is 48.5 Å². The van der Waals surface area contributed by atoms with E-state index in [0.29, 0.717) is 5.92 Å². The van der Waals surface area contributed by atoms with Crippen LogP contribution in [0.25, 0.3) is 0 Å². The number of ether oxygens (including phenoxy) is 1. The molecular formula is C21H26N2O2. The lowest BCUT2D eigenvalue weighted by atomic mass is 9.94. The van der Waals surface area contributed by atoms with Crippen molar-refractivity contribution < 1.29 is 9.53 Å². The highest BCUT2D eigenvalue weighted by atomic mass is 16.5. The molecule has 25 heavy (non-hydrogen) atoms. The molecule has 4 heteroatoms. The molecule has 1 saturated heterocycles. The van der Waals surface area contributed by atoms with E-state index < -0.39 is 0 Å². The zero-order chi connectivity index (χ0) is 17.6. The third kappa shape index (κ3) is 4.27. The van der Waals surface area contributed by atoms with E-state index in [1.165, 1.54) is 5.56 Å². The third-order valence-corrected chi connectivity index (χ3v) is 4.75. The molecule has 0 spiro atoms. The summed E-state index contributed by atoms with van der Waals surface area (Å²) in [7, 11) is 3.59. The highest BCUT2D eigenvalue weighted by Crippen LogP contribution is 2.34. The fourth-order valence-electron chi connectivity index (χ4n) is 3.37. The maximum Gasteiger partial charge on any atom is 0.243 e.